The Morgan fingerprint density at radius 1 is 1.31 bits per heavy atom. The van der Waals surface area contributed by atoms with Crippen LogP contribution in [0.2, 0.25) is 0 Å². The molecular formula is C7H7BrN4O. The monoisotopic (exact) mass is 242 g/mol. The third-order valence-electron chi connectivity index (χ3n) is 1.77. The van der Waals surface area contributed by atoms with E-state index < -0.39 is 0 Å². The highest BCUT2D eigenvalue weighted by atomic mass is 79.9. The Morgan fingerprint density at radius 2 is 1.92 bits per heavy atom. The molecule has 2 rings (SSSR count). The van der Waals surface area contributed by atoms with Gasteiger partial charge in [-0.05, 0) is 15.9 Å². The molecule has 0 aromatic carbocycles. The number of aromatic nitrogens is 4. The van der Waals surface area contributed by atoms with Crippen molar-refractivity contribution in [1.29, 1.82) is 0 Å². The van der Waals surface area contributed by atoms with Gasteiger partial charge < -0.3 is 4.57 Å². The first-order valence-electron chi connectivity index (χ1n) is 3.66. The van der Waals surface area contributed by atoms with Crippen molar-refractivity contribution >= 4 is 27.0 Å². The van der Waals surface area contributed by atoms with Gasteiger partial charge in [0.1, 0.15) is 5.52 Å². The normalized spacial score (nSPS) is 11.0. The summed E-state index contributed by atoms with van der Waals surface area (Å²) < 4.78 is 2.25. The van der Waals surface area contributed by atoms with E-state index in [-0.39, 0.29) is 5.56 Å². The van der Waals surface area contributed by atoms with Gasteiger partial charge in [-0.1, -0.05) is 0 Å². The quantitative estimate of drug-likeness (QED) is 0.674. The van der Waals surface area contributed by atoms with Crippen LogP contribution >= 0.6 is 15.9 Å². The Hall–Kier alpha value is -1.17. The predicted molar refractivity (Wildman–Crippen MR) is 51.5 cm³/mol. The lowest BCUT2D eigenvalue weighted by Gasteiger charge is -1.96. The molecule has 0 bridgehead atoms. The van der Waals surface area contributed by atoms with Gasteiger partial charge in [0.15, 0.2) is 5.52 Å². The number of hydrogen-bond donors (Lipinski definition) is 0. The van der Waals surface area contributed by atoms with E-state index in [9.17, 15) is 4.79 Å². The zero-order valence-corrected chi connectivity index (χ0v) is 8.74. The molecule has 2 heterocycles. The van der Waals surface area contributed by atoms with Crippen molar-refractivity contribution in [3.63, 3.8) is 0 Å². The van der Waals surface area contributed by atoms with Gasteiger partial charge in [0.05, 0.1) is 4.47 Å². The van der Waals surface area contributed by atoms with Crippen LogP contribution in [0.5, 0.6) is 0 Å². The van der Waals surface area contributed by atoms with E-state index in [4.69, 9.17) is 0 Å². The molecule has 0 aliphatic heterocycles. The number of fused-ring (bicyclic) bond motifs is 1. The van der Waals surface area contributed by atoms with Gasteiger partial charge in [0.2, 0.25) is 0 Å². The first kappa shape index (κ1) is 8.43. The third kappa shape index (κ3) is 1.17. The highest BCUT2D eigenvalue weighted by molar-refractivity contribution is 9.10. The molecule has 0 saturated heterocycles. The Kier molecular flexibility index (Phi) is 1.73. The number of pyridine rings is 1. The van der Waals surface area contributed by atoms with Crippen LogP contribution < -0.4 is 5.56 Å². The van der Waals surface area contributed by atoms with Crippen LogP contribution in [0.1, 0.15) is 0 Å². The lowest BCUT2D eigenvalue weighted by atomic mass is 10.4. The van der Waals surface area contributed by atoms with Gasteiger partial charge in [-0.15, -0.1) is 5.10 Å². The molecule has 0 spiro atoms. The maximum absolute atomic E-state index is 11.5. The predicted octanol–water partition coefficient (Wildman–Crippen LogP) is 0.429. The van der Waals surface area contributed by atoms with E-state index in [1.807, 2.05) is 0 Å². The summed E-state index contributed by atoms with van der Waals surface area (Å²) in [5.41, 5.74) is 0.858. The van der Waals surface area contributed by atoms with Gasteiger partial charge >= 0.3 is 0 Å². The van der Waals surface area contributed by atoms with E-state index in [0.717, 1.165) is 4.47 Å². The smallest absolute Gasteiger partial charge is 0.280 e. The Labute approximate surface area is 82.1 Å². The molecule has 0 aliphatic carbocycles. The van der Waals surface area contributed by atoms with Gasteiger partial charge in [0, 0.05) is 20.3 Å². The topological polar surface area (TPSA) is 52.7 Å². The third-order valence-corrected chi connectivity index (χ3v) is 2.35. The average Bonchev–Trinajstić information content (AvgIpc) is 2.44. The van der Waals surface area contributed by atoms with Crippen LogP contribution in [-0.4, -0.2) is 19.6 Å². The fourth-order valence-electron chi connectivity index (χ4n) is 1.17. The average molecular weight is 243 g/mol. The van der Waals surface area contributed by atoms with Crippen LogP contribution in [0, 0.1) is 0 Å². The fraction of sp³-hybridized carbons (Fsp3) is 0.286. The molecule has 0 aliphatic rings. The minimum atomic E-state index is -0.133. The fourth-order valence-corrected chi connectivity index (χ4v) is 1.74. The molecule has 0 unspecified atom stereocenters. The summed E-state index contributed by atoms with van der Waals surface area (Å²) in [6.45, 7) is 0. The van der Waals surface area contributed by atoms with E-state index in [0.29, 0.717) is 11.0 Å². The van der Waals surface area contributed by atoms with Crippen LogP contribution in [0.15, 0.2) is 15.5 Å². The molecule has 68 valence electrons. The van der Waals surface area contributed by atoms with E-state index in [1.165, 1.54) is 9.36 Å². The number of rotatable bonds is 0. The van der Waals surface area contributed by atoms with Crippen molar-refractivity contribution < 1.29 is 0 Å². The summed E-state index contributed by atoms with van der Waals surface area (Å²) in [7, 11) is 3.37. The molecule has 0 radical (unpaired) electrons. The number of halogens is 1. The first-order valence-corrected chi connectivity index (χ1v) is 4.45. The summed E-state index contributed by atoms with van der Waals surface area (Å²) in [4.78, 5) is 12.9. The van der Waals surface area contributed by atoms with Crippen molar-refractivity contribution in [1.82, 2.24) is 19.6 Å². The van der Waals surface area contributed by atoms with Crippen molar-refractivity contribution in [2.75, 3.05) is 0 Å². The van der Waals surface area contributed by atoms with Crippen LogP contribution in [-0.2, 0) is 14.1 Å². The van der Waals surface area contributed by atoms with E-state index in [2.05, 4.69) is 26.1 Å². The van der Waals surface area contributed by atoms with Crippen LogP contribution in [0.25, 0.3) is 11.0 Å². The van der Waals surface area contributed by atoms with Crippen molar-refractivity contribution in [3.05, 3.63) is 21.0 Å². The summed E-state index contributed by atoms with van der Waals surface area (Å²) in [6.07, 6.45) is 1.68. The van der Waals surface area contributed by atoms with Crippen LogP contribution in [0.4, 0.5) is 0 Å². The minimum absolute atomic E-state index is 0.133. The highest BCUT2D eigenvalue weighted by Gasteiger charge is 2.09. The maximum Gasteiger partial charge on any atom is 0.280 e. The molecular weight excluding hydrogens is 236 g/mol. The van der Waals surface area contributed by atoms with Gasteiger partial charge in [-0.3, -0.25) is 4.79 Å². The molecule has 0 amide bonds. The highest BCUT2D eigenvalue weighted by Crippen LogP contribution is 2.16. The summed E-state index contributed by atoms with van der Waals surface area (Å²) >= 11 is 3.32. The summed E-state index contributed by atoms with van der Waals surface area (Å²) in [5.74, 6) is 0. The molecule has 5 nitrogen and oxygen atoms in total. The second-order valence-corrected chi connectivity index (χ2v) is 3.63. The number of aryl methyl sites for hydroxylation is 2. The van der Waals surface area contributed by atoms with Gasteiger partial charge in [-0.25, -0.2) is 0 Å². The molecule has 0 saturated carbocycles. The van der Waals surface area contributed by atoms with Gasteiger partial charge in [-0.2, -0.15) is 9.90 Å². The van der Waals surface area contributed by atoms with Crippen molar-refractivity contribution in [2.24, 2.45) is 14.1 Å². The zero-order chi connectivity index (χ0) is 9.59. The summed E-state index contributed by atoms with van der Waals surface area (Å²) in [6, 6.07) is 0. The minimum Gasteiger partial charge on any atom is -0.315 e. The lowest BCUT2D eigenvalue weighted by molar-refractivity contribution is 0.664. The molecule has 2 aromatic heterocycles. The Balaban J connectivity index is 3.04. The lowest BCUT2D eigenvalue weighted by Crippen LogP contribution is -2.16. The second kappa shape index (κ2) is 2.66. The SMILES string of the molecule is Cn1nc2c(Br)cn(C)c(=O)c2n1. The van der Waals surface area contributed by atoms with Crippen LogP contribution in [0.3, 0.4) is 0 Å². The first-order chi connectivity index (χ1) is 6.09. The molecule has 2 aromatic rings. The second-order valence-electron chi connectivity index (χ2n) is 2.78. The Morgan fingerprint density at radius 3 is 2.62 bits per heavy atom. The zero-order valence-electron chi connectivity index (χ0n) is 7.15. The molecule has 0 N–H and O–H groups in total. The van der Waals surface area contributed by atoms with Crippen molar-refractivity contribution in [2.45, 2.75) is 0 Å². The molecule has 13 heavy (non-hydrogen) atoms. The standard InChI is InChI=1S/C7H7BrN4O/c1-11-3-4(8)5-6(7(11)13)10-12(2)9-5/h3H,1-2H3. The summed E-state index contributed by atoms with van der Waals surface area (Å²) in [5, 5.41) is 8.04. The molecule has 0 atom stereocenters. The van der Waals surface area contributed by atoms with E-state index in [1.54, 1.807) is 20.3 Å². The maximum atomic E-state index is 11.5. The number of nitrogens with zero attached hydrogens (tertiary/aromatic N) is 4. The number of hydrogen-bond acceptors (Lipinski definition) is 3. The Bertz CT molecular complexity index is 527. The van der Waals surface area contributed by atoms with E-state index >= 15 is 0 Å². The van der Waals surface area contributed by atoms with Gasteiger partial charge in [0.25, 0.3) is 5.56 Å². The van der Waals surface area contributed by atoms with Crippen molar-refractivity contribution in [3.8, 4) is 0 Å². The largest absolute Gasteiger partial charge is 0.315 e. The molecule has 0 fully saturated rings. The molecule has 6 heteroatoms.